The highest BCUT2D eigenvalue weighted by Crippen LogP contribution is 2.64. The average molecular weight is 491 g/mol. The molecule has 1 amide bonds. The maximum atomic E-state index is 13.5. The summed E-state index contributed by atoms with van der Waals surface area (Å²) in [5, 5.41) is 14.3. The summed E-state index contributed by atoms with van der Waals surface area (Å²) in [5.41, 5.74) is 8.84. The number of ether oxygens (including phenoxy) is 1. The Labute approximate surface area is 212 Å². The van der Waals surface area contributed by atoms with E-state index >= 15 is 0 Å². The summed E-state index contributed by atoms with van der Waals surface area (Å²) >= 11 is 0. The van der Waals surface area contributed by atoms with Crippen molar-refractivity contribution < 1.29 is 13.9 Å². The first kappa shape index (κ1) is 23.6. The van der Waals surface area contributed by atoms with E-state index in [1.54, 1.807) is 12.1 Å². The van der Waals surface area contributed by atoms with Crippen LogP contribution < -0.4 is 10.7 Å². The highest BCUT2D eigenvalue weighted by molar-refractivity contribution is 5.93. The zero-order valence-electron chi connectivity index (χ0n) is 20.6. The Bertz CT molecular complexity index is 1120. The average Bonchev–Trinajstić information content (AvgIpc) is 3.80. The van der Waals surface area contributed by atoms with Gasteiger partial charge in [0, 0.05) is 23.1 Å². The number of rotatable bonds is 10. The topological polar surface area (TPSA) is 91.8 Å². The first-order valence-electron chi connectivity index (χ1n) is 13.4. The molecule has 4 aliphatic carbocycles. The van der Waals surface area contributed by atoms with Crippen LogP contribution in [0.1, 0.15) is 51.4 Å². The van der Waals surface area contributed by atoms with Gasteiger partial charge >= 0.3 is 0 Å². The molecular formula is C29H35FN4O2. The molecule has 3 saturated carbocycles. The lowest BCUT2D eigenvalue weighted by molar-refractivity contribution is -0.115. The van der Waals surface area contributed by atoms with Crippen LogP contribution in [0.2, 0.25) is 0 Å². The molecule has 5 atom stereocenters. The summed E-state index contributed by atoms with van der Waals surface area (Å²) in [4.78, 5) is 12.2. The maximum absolute atomic E-state index is 13.5. The van der Waals surface area contributed by atoms with Gasteiger partial charge in [0.05, 0.1) is 24.4 Å². The predicted molar refractivity (Wildman–Crippen MR) is 138 cm³/mol. The van der Waals surface area contributed by atoms with E-state index in [0.717, 1.165) is 37.8 Å². The number of nitrogens with one attached hydrogen (secondary N) is 1. The Morgan fingerprint density at radius 3 is 2.69 bits per heavy atom. The fourth-order valence-electron chi connectivity index (χ4n) is 7.19. The molecule has 7 heteroatoms. The molecule has 36 heavy (non-hydrogen) atoms. The second-order valence-corrected chi connectivity index (χ2v) is 11.2. The Hall–Kier alpha value is -2.80. The van der Waals surface area contributed by atoms with Crippen molar-refractivity contribution in [1.82, 2.24) is 0 Å². The molecule has 0 radical (unpaired) electrons. The van der Waals surface area contributed by atoms with Crippen LogP contribution in [0, 0.1) is 40.3 Å². The minimum Gasteiger partial charge on any atom is -0.373 e. The first-order chi connectivity index (χ1) is 17.5. The number of fused-ring (bicyclic) bond motifs is 2. The van der Waals surface area contributed by atoms with E-state index in [4.69, 9.17) is 21.0 Å². The third-order valence-electron chi connectivity index (χ3n) is 9.14. The van der Waals surface area contributed by atoms with Gasteiger partial charge in [0.25, 0.3) is 0 Å². The molecule has 0 aromatic heterocycles. The number of hydrazone groups is 1. The lowest BCUT2D eigenvalue weighted by Crippen LogP contribution is -2.45. The van der Waals surface area contributed by atoms with Gasteiger partial charge < -0.3 is 15.9 Å². The summed E-state index contributed by atoms with van der Waals surface area (Å²) in [5.74, 6) is 0.825. The van der Waals surface area contributed by atoms with Crippen molar-refractivity contribution in [3.63, 3.8) is 0 Å². The van der Waals surface area contributed by atoms with Crippen LogP contribution in [0.25, 0.3) is 0 Å². The normalized spacial score (nSPS) is 32.1. The van der Waals surface area contributed by atoms with Gasteiger partial charge in [-0.3, -0.25) is 9.80 Å². The van der Waals surface area contributed by atoms with Gasteiger partial charge in [-0.1, -0.05) is 11.6 Å². The van der Waals surface area contributed by atoms with Gasteiger partial charge in [-0.15, -0.1) is 0 Å². The molecule has 5 unspecified atom stereocenters. The van der Waals surface area contributed by atoms with Gasteiger partial charge in [0.2, 0.25) is 5.91 Å². The van der Waals surface area contributed by atoms with Crippen LogP contribution >= 0.6 is 0 Å². The van der Waals surface area contributed by atoms with Crippen molar-refractivity contribution in [1.29, 1.82) is 5.41 Å². The van der Waals surface area contributed by atoms with Crippen molar-refractivity contribution in [3.05, 3.63) is 53.4 Å². The van der Waals surface area contributed by atoms with Crippen molar-refractivity contribution in [2.24, 2.45) is 39.9 Å². The molecule has 0 saturated heterocycles. The van der Waals surface area contributed by atoms with E-state index in [2.05, 4.69) is 12.3 Å². The summed E-state index contributed by atoms with van der Waals surface area (Å²) < 4.78 is 20.0. The molecule has 5 aliphatic rings. The zero-order valence-corrected chi connectivity index (χ0v) is 20.6. The second-order valence-electron chi connectivity index (χ2n) is 11.2. The van der Waals surface area contributed by atoms with Crippen molar-refractivity contribution in [3.8, 4) is 0 Å². The van der Waals surface area contributed by atoms with Gasteiger partial charge in [-0.05, 0) is 106 Å². The highest BCUT2D eigenvalue weighted by atomic mass is 19.1. The molecule has 6 nitrogen and oxygen atoms in total. The van der Waals surface area contributed by atoms with Crippen molar-refractivity contribution in [2.75, 3.05) is 11.6 Å². The number of halogens is 1. The minimum absolute atomic E-state index is 0.0393. The maximum Gasteiger partial charge on any atom is 0.244 e. The van der Waals surface area contributed by atoms with Crippen LogP contribution in [-0.4, -0.2) is 37.1 Å². The van der Waals surface area contributed by atoms with E-state index in [1.807, 2.05) is 11.1 Å². The minimum atomic E-state index is -0.384. The van der Waals surface area contributed by atoms with Gasteiger partial charge in [-0.25, -0.2) is 4.39 Å². The number of amides is 1. The molecular weight excluding hydrogens is 455 g/mol. The van der Waals surface area contributed by atoms with Crippen LogP contribution in [0.5, 0.6) is 0 Å². The number of nitrogens with zero attached hydrogens (tertiary/aromatic N) is 2. The number of hydrogen-bond donors (Lipinski definition) is 2. The number of carbonyl (C=O) groups is 1. The fraction of sp³-hybridized carbons (Fsp3) is 0.552. The molecule has 3 N–H and O–H groups in total. The highest BCUT2D eigenvalue weighted by Gasteiger charge is 2.59. The van der Waals surface area contributed by atoms with Gasteiger partial charge in [0.1, 0.15) is 5.82 Å². The summed E-state index contributed by atoms with van der Waals surface area (Å²) in [7, 11) is 0. The van der Waals surface area contributed by atoms with E-state index in [9.17, 15) is 9.18 Å². The van der Waals surface area contributed by atoms with Crippen LogP contribution in [0.15, 0.2) is 52.7 Å². The number of primary amides is 1. The molecule has 0 bridgehead atoms. The van der Waals surface area contributed by atoms with Crippen molar-refractivity contribution >= 4 is 24.0 Å². The molecule has 1 aliphatic heterocycles. The molecule has 1 aromatic rings. The third kappa shape index (κ3) is 4.11. The number of benzene rings is 1. The van der Waals surface area contributed by atoms with Gasteiger partial charge in [-0.2, -0.15) is 5.10 Å². The van der Waals surface area contributed by atoms with E-state index in [0.29, 0.717) is 36.4 Å². The Morgan fingerprint density at radius 1 is 1.25 bits per heavy atom. The SMILES string of the molecule is N=CCC(/C(=C/COC1CCC2=CC3C(C=NN3c3ccc(F)cc3)CC21C1CC1)C(N)=O)C1CC1. The Kier molecular flexibility index (Phi) is 6.06. The summed E-state index contributed by atoms with van der Waals surface area (Å²) in [6.07, 6.45) is 16.2. The molecule has 0 spiro atoms. The van der Waals surface area contributed by atoms with E-state index in [1.165, 1.54) is 36.8 Å². The Balaban J connectivity index is 1.21. The monoisotopic (exact) mass is 490 g/mol. The smallest absolute Gasteiger partial charge is 0.244 e. The van der Waals surface area contributed by atoms with E-state index in [-0.39, 0.29) is 35.2 Å². The Morgan fingerprint density at radius 2 is 2.03 bits per heavy atom. The second kappa shape index (κ2) is 9.25. The predicted octanol–water partition coefficient (Wildman–Crippen LogP) is 5.00. The van der Waals surface area contributed by atoms with E-state index < -0.39 is 0 Å². The molecule has 1 aromatic carbocycles. The molecule has 1 heterocycles. The number of anilines is 1. The lowest BCUT2D eigenvalue weighted by Gasteiger charge is -2.44. The molecule has 6 rings (SSSR count). The van der Waals surface area contributed by atoms with Gasteiger partial charge in [0.15, 0.2) is 0 Å². The molecule has 3 fully saturated rings. The fourth-order valence-corrected chi connectivity index (χ4v) is 7.19. The van der Waals surface area contributed by atoms with Crippen LogP contribution in [0.4, 0.5) is 10.1 Å². The van der Waals surface area contributed by atoms with Crippen molar-refractivity contribution in [2.45, 2.75) is 63.5 Å². The standard InChI is InChI=1S/C29H35FN4O2/c30-22-6-8-23(9-7-22)34-26-15-21-5-10-27(29(21,20-3-4-20)16-19(26)17-33-34)36-14-12-25(28(32)35)24(11-13-31)18-1-2-18/h6-9,12-13,15,17-20,24,26-27,31H,1-5,10-11,14,16H2,(H2,32,35)/b25-12-,31-13?. The first-order valence-corrected chi connectivity index (χ1v) is 13.4. The zero-order chi connectivity index (χ0) is 24.9. The largest absolute Gasteiger partial charge is 0.373 e. The number of hydrogen-bond acceptors (Lipinski definition) is 5. The lowest BCUT2D eigenvalue weighted by atomic mass is 9.65. The number of nitrogens with two attached hydrogens (primary N) is 1. The number of carbonyl (C=O) groups excluding carboxylic acids is 1. The van der Waals surface area contributed by atoms with Crippen LogP contribution in [-0.2, 0) is 9.53 Å². The third-order valence-corrected chi connectivity index (χ3v) is 9.14. The quantitative estimate of drug-likeness (QED) is 0.275. The molecule has 190 valence electrons. The summed E-state index contributed by atoms with van der Waals surface area (Å²) in [6.45, 7) is 0.385. The van der Waals surface area contributed by atoms with Crippen LogP contribution in [0.3, 0.4) is 0 Å². The summed E-state index contributed by atoms with van der Waals surface area (Å²) in [6, 6.07) is 6.75.